The van der Waals surface area contributed by atoms with Gasteiger partial charge in [0.1, 0.15) is 44.5 Å². The molecule has 0 aliphatic carbocycles. The topological polar surface area (TPSA) is 61.7 Å². The first-order chi connectivity index (χ1) is 14.8. The Morgan fingerprint density at radius 1 is 0.967 bits per heavy atom. The maximum absolute atomic E-state index is 5.26. The zero-order valence-corrected chi connectivity index (χ0v) is 17.9. The summed E-state index contributed by atoms with van der Waals surface area (Å²) in [5.41, 5.74) is 2.60. The molecule has 3 aromatic rings. The Labute approximate surface area is 178 Å². The van der Waals surface area contributed by atoms with E-state index in [2.05, 4.69) is 64.9 Å². The Kier molecular flexibility index (Phi) is 6.71. The number of nitrogens with zero attached hydrogens (tertiary/aromatic N) is 4. The predicted octanol–water partition coefficient (Wildman–Crippen LogP) is 0.165. The Morgan fingerprint density at radius 2 is 1.70 bits per heavy atom. The number of piperazine rings is 1. The number of rotatable bonds is 8. The molecule has 0 amide bonds. The second-order valence-electron chi connectivity index (χ2n) is 8.07. The van der Waals surface area contributed by atoms with Gasteiger partial charge in [0.25, 0.3) is 0 Å². The molecule has 4 rings (SSSR count). The fraction of sp³-hybridized carbons (Fsp3) is 0.435. The SMILES string of the molecule is CC[C@@H](c1nnnn1Cc1ccc(OC)cc1)[NH+]1CC[NH+](Cc2ccccc2)CC1. The molecule has 7 heteroatoms. The van der Waals surface area contributed by atoms with Crippen molar-refractivity contribution in [3.63, 3.8) is 0 Å². The van der Waals surface area contributed by atoms with Gasteiger partial charge >= 0.3 is 0 Å². The number of ether oxygens (including phenoxy) is 1. The number of hydrogen-bond donors (Lipinski definition) is 2. The van der Waals surface area contributed by atoms with E-state index < -0.39 is 0 Å². The van der Waals surface area contributed by atoms with Gasteiger partial charge in [0.2, 0.25) is 5.82 Å². The van der Waals surface area contributed by atoms with Crippen LogP contribution in [0, 0.1) is 0 Å². The van der Waals surface area contributed by atoms with Crippen molar-refractivity contribution >= 4 is 0 Å². The van der Waals surface area contributed by atoms with Crippen molar-refractivity contribution < 1.29 is 14.5 Å². The van der Waals surface area contributed by atoms with Crippen LogP contribution in [-0.4, -0.2) is 53.5 Å². The van der Waals surface area contributed by atoms with Crippen LogP contribution in [-0.2, 0) is 13.1 Å². The first-order valence-electron chi connectivity index (χ1n) is 10.9. The summed E-state index contributed by atoms with van der Waals surface area (Å²) in [6.07, 6.45) is 1.03. The molecule has 1 aliphatic rings. The lowest BCUT2D eigenvalue weighted by Crippen LogP contribution is -3.27. The number of benzene rings is 2. The van der Waals surface area contributed by atoms with Crippen LogP contribution < -0.4 is 14.5 Å². The van der Waals surface area contributed by atoms with E-state index in [9.17, 15) is 0 Å². The van der Waals surface area contributed by atoms with Gasteiger partial charge in [-0.05, 0) is 28.1 Å². The highest BCUT2D eigenvalue weighted by atomic mass is 16.5. The molecule has 2 N–H and O–H groups in total. The minimum atomic E-state index is 0.330. The Bertz CT molecular complexity index is 903. The predicted molar refractivity (Wildman–Crippen MR) is 114 cm³/mol. The highest BCUT2D eigenvalue weighted by molar-refractivity contribution is 5.27. The molecular weight excluding hydrogens is 376 g/mol. The summed E-state index contributed by atoms with van der Waals surface area (Å²) in [4.78, 5) is 3.26. The summed E-state index contributed by atoms with van der Waals surface area (Å²) in [5.74, 6) is 1.86. The van der Waals surface area contributed by atoms with Crippen LogP contribution in [0.5, 0.6) is 5.75 Å². The van der Waals surface area contributed by atoms with Gasteiger partial charge in [0.15, 0.2) is 0 Å². The first kappa shape index (κ1) is 20.5. The number of quaternary nitrogens is 2. The fourth-order valence-electron chi connectivity index (χ4n) is 4.47. The van der Waals surface area contributed by atoms with Crippen molar-refractivity contribution in [2.45, 2.75) is 32.5 Å². The Morgan fingerprint density at radius 3 is 2.37 bits per heavy atom. The van der Waals surface area contributed by atoms with Gasteiger partial charge in [0.05, 0.1) is 13.7 Å². The second-order valence-corrected chi connectivity index (χ2v) is 8.07. The molecule has 0 spiro atoms. The molecule has 1 fully saturated rings. The third-order valence-corrected chi connectivity index (χ3v) is 6.16. The molecule has 1 saturated heterocycles. The van der Waals surface area contributed by atoms with Gasteiger partial charge in [-0.15, -0.1) is 5.10 Å². The molecule has 2 aromatic carbocycles. The van der Waals surface area contributed by atoms with E-state index in [4.69, 9.17) is 4.74 Å². The van der Waals surface area contributed by atoms with Crippen molar-refractivity contribution in [1.82, 2.24) is 20.2 Å². The Hall–Kier alpha value is -2.77. The number of aromatic nitrogens is 4. The molecule has 0 bridgehead atoms. The number of hydrogen-bond acceptors (Lipinski definition) is 4. The molecule has 1 atom stereocenters. The van der Waals surface area contributed by atoms with E-state index >= 15 is 0 Å². The lowest BCUT2D eigenvalue weighted by molar-refractivity contribution is -1.03. The standard InChI is InChI=1S/C23H30N6O/c1-3-22(28-15-13-27(14-16-28)17-19-7-5-4-6-8-19)23-24-25-26-29(23)18-20-9-11-21(30-2)12-10-20/h4-12,22H,3,13-18H2,1-2H3/p+2/t22-/m0/s1. The van der Waals surface area contributed by atoms with Crippen LogP contribution in [0.25, 0.3) is 0 Å². The van der Waals surface area contributed by atoms with Crippen LogP contribution in [0.15, 0.2) is 54.6 Å². The maximum Gasteiger partial charge on any atom is 0.209 e. The van der Waals surface area contributed by atoms with Crippen molar-refractivity contribution in [2.24, 2.45) is 0 Å². The quantitative estimate of drug-likeness (QED) is 0.558. The molecule has 30 heavy (non-hydrogen) atoms. The zero-order chi connectivity index (χ0) is 20.8. The minimum Gasteiger partial charge on any atom is -0.497 e. The van der Waals surface area contributed by atoms with Gasteiger partial charge in [-0.25, -0.2) is 4.68 Å². The average molecular weight is 409 g/mol. The van der Waals surface area contributed by atoms with E-state index in [1.165, 1.54) is 24.2 Å². The normalized spacial score (nSPS) is 20.1. The summed E-state index contributed by atoms with van der Waals surface area (Å²) < 4.78 is 7.22. The summed E-state index contributed by atoms with van der Waals surface area (Å²) in [6, 6.07) is 19.3. The van der Waals surface area contributed by atoms with Gasteiger partial charge < -0.3 is 14.5 Å². The molecule has 2 heterocycles. The smallest absolute Gasteiger partial charge is 0.209 e. The van der Waals surface area contributed by atoms with Crippen molar-refractivity contribution in [3.8, 4) is 5.75 Å². The van der Waals surface area contributed by atoms with Crippen molar-refractivity contribution in [3.05, 3.63) is 71.5 Å². The van der Waals surface area contributed by atoms with Crippen LogP contribution in [0.2, 0.25) is 0 Å². The van der Waals surface area contributed by atoms with E-state index in [1.807, 2.05) is 16.8 Å². The molecule has 158 valence electrons. The van der Waals surface area contributed by atoms with E-state index in [-0.39, 0.29) is 0 Å². The van der Waals surface area contributed by atoms with Gasteiger partial charge in [-0.1, -0.05) is 49.4 Å². The van der Waals surface area contributed by atoms with E-state index in [1.54, 1.807) is 16.9 Å². The monoisotopic (exact) mass is 408 g/mol. The highest BCUT2D eigenvalue weighted by Crippen LogP contribution is 2.15. The molecule has 0 unspecified atom stereocenters. The van der Waals surface area contributed by atoms with Crippen LogP contribution >= 0.6 is 0 Å². The van der Waals surface area contributed by atoms with Gasteiger partial charge in [-0.2, -0.15) is 0 Å². The molecule has 0 saturated carbocycles. The zero-order valence-electron chi connectivity index (χ0n) is 17.9. The van der Waals surface area contributed by atoms with Crippen LogP contribution in [0.3, 0.4) is 0 Å². The van der Waals surface area contributed by atoms with E-state index in [0.717, 1.165) is 37.6 Å². The summed E-state index contributed by atoms with van der Waals surface area (Å²) in [5, 5.41) is 12.7. The lowest BCUT2D eigenvalue weighted by Gasteiger charge is -2.33. The first-order valence-corrected chi connectivity index (χ1v) is 10.9. The molecule has 0 radical (unpaired) electrons. The molecule has 7 nitrogen and oxygen atoms in total. The average Bonchev–Trinajstić information content (AvgIpc) is 3.24. The summed E-state index contributed by atoms with van der Waals surface area (Å²) >= 11 is 0. The fourth-order valence-corrected chi connectivity index (χ4v) is 4.47. The largest absolute Gasteiger partial charge is 0.497 e. The lowest BCUT2D eigenvalue weighted by atomic mass is 10.1. The van der Waals surface area contributed by atoms with Gasteiger partial charge in [0, 0.05) is 12.0 Å². The van der Waals surface area contributed by atoms with Crippen molar-refractivity contribution in [1.29, 1.82) is 0 Å². The summed E-state index contributed by atoms with van der Waals surface area (Å²) in [7, 11) is 1.68. The third kappa shape index (κ3) is 4.86. The van der Waals surface area contributed by atoms with Crippen molar-refractivity contribution in [2.75, 3.05) is 33.3 Å². The number of nitrogens with one attached hydrogen (secondary N) is 2. The second kappa shape index (κ2) is 9.82. The third-order valence-electron chi connectivity index (χ3n) is 6.16. The highest BCUT2D eigenvalue weighted by Gasteiger charge is 2.33. The Balaban J connectivity index is 1.39. The number of tetrazole rings is 1. The maximum atomic E-state index is 5.26. The van der Waals surface area contributed by atoms with Crippen LogP contribution in [0.1, 0.15) is 36.3 Å². The van der Waals surface area contributed by atoms with Gasteiger partial charge in [-0.3, -0.25) is 0 Å². The molecular formula is C23H32N6O+2. The molecule has 1 aliphatic heterocycles. The molecule has 1 aromatic heterocycles. The minimum absolute atomic E-state index is 0.330. The van der Waals surface area contributed by atoms with E-state index in [0.29, 0.717) is 12.6 Å². The summed E-state index contributed by atoms with van der Waals surface area (Å²) in [6.45, 7) is 8.70. The van der Waals surface area contributed by atoms with Crippen LogP contribution in [0.4, 0.5) is 0 Å². The number of methoxy groups -OCH3 is 1.